The van der Waals surface area contributed by atoms with Crippen molar-refractivity contribution < 1.29 is 4.79 Å². The summed E-state index contributed by atoms with van der Waals surface area (Å²) in [5.41, 5.74) is 0. The first-order valence-electron chi connectivity index (χ1n) is 7.90. The summed E-state index contributed by atoms with van der Waals surface area (Å²) < 4.78 is 0. The Morgan fingerprint density at radius 1 is 0.944 bits per heavy atom. The van der Waals surface area contributed by atoms with Crippen molar-refractivity contribution in [1.29, 1.82) is 0 Å². The first-order valence-corrected chi connectivity index (χ1v) is 10.7. The molecule has 0 fully saturated rings. The van der Waals surface area contributed by atoms with Gasteiger partial charge in [0.1, 0.15) is 0 Å². The molecule has 0 aliphatic carbocycles. The molecule has 3 heteroatoms. The first-order chi connectivity index (χ1) is 8.64. The molecule has 18 heavy (non-hydrogen) atoms. The van der Waals surface area contributed by atoms with Crippen LogP contribution >= 0.6 is 0 Å². The molecular weight excluding hydrogens is 238 g/mol. The molecule has 0 aromatic carbocycles. The summed E-state index contributed by atoms with van der Waals surface area (Å²) in [4.78, 5) is 11.8. The maximum atomic E-state index is 11.8. The fraction of sp³-hybridized carbons (Fsp3) is 0.933. The molecule has 0 atom stereocenters. The molecule has 0 spiro atoms. The van der Waals surface area contributed by atoms with E-state index in [1.54, 1.807) is 0 Å². The Hall–Kier alpha value is -0.313. The molecule has 0 rings (SSSR count). The molecule has 0 saturated carbocycles. The van der Waals surface area contributed by atoms with Crippen molar-refractivity contribution in [2.24, 2.45) is 0 Å². The van der Waals surface area contributed by atoms with E-state index in [1.165, 1.54) is 43.4 Å². The molecule has 0 heterocycles. The minimum atomic E-state index is -1.10. The van der Waals surface area contributed by atoms with Crippen LogP contribution in [0.15, 0.2) is 0 Å². The molecule has 108 valence electrons. The predicted molar refractivity (Wildman–Crippen MR) is 83.8 cm³/mol. The molecule has 0 aromatic rings. The van der Waals surface area contributed by atoms with E-state index in [1.807, 2.05) is 0 Å². The van der Waals surface area contributed by atoms with Gasteiger partial charge in [-0.1, -0.05) is 65.1 Å². The molecule has 0 saturated heterocycles. The van der Waals surface area contributed by atoms with Gasteiger partial charge < -0.3 is 5.32 Å². The van der Waals surface area contributed by atoms with Crippen LogP contribution in [0.1, 0.15) is 59.8 Å². The zero-order valence-electron chi connectivity index (χ0n) is 13.0. The fourth-order valence-electron chi connectivity index (χ4n) is 2.53. The molecule has 0 aliphatic rings. The van der Waals surface area contributed by atoms with Gasteiger partial charge in [-0.3, -0.25) is 4.79 Å². The van der Waals surface area contributed by atoms with Gasteiger partial charge in [0.05, 0.1) is 8.07 Å². The van der Waals surface area contributed by atoms with Crippen LogP contribution in [-0.2, 0) is 4.79 Å². The van der Waals surface area contributed by atoms with Gasteiger partial charge >= 0.3 is 0 Å². The third-order valence-electron chi connectivity index (χ3n) is 4.48. The van der Waals surface area contributed by atoms with Crippen molar-refractivity contribution in [3.05, 3.63) is 0 Å². The number of hydrogen-bond acceptors (Lipinski definition) is 1. The van der Waals surface area contributed by atoms with Crippen LogP contribution in [0.3, 0.4) is 0 Å². The van der Waals surface area contributed by atoms with Crippen molar-refractivity contribution in [2.75, 3.05) is 6.54 Å². The van der Waals surface area contributed by atoms with E-state index in [-0.39, 0.29) is 5.91 Å². The number of carbonyl (C=O) groups is 1. The largest absolute Gasteiger partial charge is 0.356 e. The molecule has 0 bridgehead atoms. The second-order valence-corrected chi connectivity index (χ2v) is 11.1. The summed E-state index contributed by atoms with van der Waals surface area (Å²) in [5.74, 6) is 0.277. The van der Waals surface area contributed by atoms with E-state index in [0.29, 0.717) is 0 Å². The lowest BCUT2D eigenvalue weighted by Gasteiger charge is -2.27. The van der Waals surface area contributed by atoms with Gasteiger partial charge in [-0.15, -0.1) is 0 Å². The second-order valence-electron chi connectivity index (χ2n) is 5.47. The topological polar surface area (TPSA) is 29.1 Å². The van der Waals surface area contributed by atoms with Crippen LogP contribution in [-0.4, -0.2) is 20.5 Å². The minimum absolute atomic E-state index is 0.277. The lowest BCUT2D eigenvalue weighted by Crippen LogP contribution is -2.34. The molecule has 1 amide bonds. The van der Waals surface area contributed by atoms with Crippen LogP contribution in [0.4, 0.5) is 0 Å². The van der Waals surface area contributed by atoms with E-state index in [0.717, 1.165) is 19.4 Å². The summed E-state index contributed by atoms with van der Waals surface area (Å²) >= 11 is 0. The smallest absolute Gasteiger partial charge is 0.219 e. The van der Waals surface area contributed by atoms with Crippen molar-refractivity contribution in [3.8, 4) is 0 Å². The highest BCUT2D eigenvalue weighted by Crippen LogP contribution is 2.26. The summed E-state index contributed by atoms with van der Waals surface area (Å²) in [5, 5.41) is 3.07. The van der Waals surface area contributed by atoms with Gasteiger partial charge in [0.2, 0.25) is 5.91 Å². The molecule has 2 nitrogen and oxygen atoms in total. The number of rotatable bonds is 11. The Morgan fingerprint density at radius 2 is 1.56 bits per heavy atom. The molecule has 0 aliphatic heterocycles. The number of unbranched alkanes of at least 4 members (excludes halogenated alkanes) is 3. The van der Waals surface area contributed by atoms with Crippen molar-refractivity contribution >= 4 is 14.0 Å². The number of nitrogens with one attached hydrogen (secondary N) is 1. The van der Waals surface area contributed by atoms with Gasteiger partial charge in [0.15, 0.2) is 0 Å². The van der Waals surface area contributed by atoms with Gasteiger partial charge in [-0.25, -0.2) is 0 Å². The van der Waals surface area contributed by atoms with Crippen LogP contribution in [0.5, 0.6) is 0 Å². The van der Waals surface area contributed by atoms with Crippen LogP contribution in [0.25, 0.3) is 0 Å². The fourth-order valence-corrected chi connectivity index (χ4v) is 5.85. The highest BCUT2D eigenvalue weighted by Gasteiger charge is 2.26. The minimum Gasteiger partial charge on any atom is -0.356 e. The highest BCUT2D eigenvalue weighted by molar-refractivity contribution is 6.79. The molecule has 1 N–H and O–H groups in total. The number of hydrogen-bond donors (Lipinski definition) is 1. The third kappa shape index (κ3) is 7.19. The third-order valence-corrected chi connectivity index (χ3v) is 10.3. The number of amides is 1. The SMILES string of the molecule is CCCCCCNC(=O)CC[Si](CC)(CC)CC. The Balaban J connectivity index is 3.74. The standard InChI is InChI=1S/C15H33NOSi/c1-5-9-10-11-13-16-15(17)12-14-18(6-2,7-3)8-4/h5-14H2,1-4H3,(H,16,17). The zero-order valence-corrected chi connectivity index (χ0v) is 14.0. The van der Waals surface area contributed by atoms with Gasteiger partial charge in [0.25, 0.3) is 0 Å². The average molecular weight is 272 g/mol. The van der Waals surface area contributed by atoms with Crippen LogP contribution in [0, 0.1) is 0 Å². The first kappa shape index (κ1) is 17.7. The summed E-state index contributed by atoms with van der Waals surface area (Å²) in [6, 6.07) is 5.15. The van der Waals surface area contributed by atoms with Crippen molar-refractivity contribution in [2.45, 2.75) is 84.0 Å². The van der Waals surface area contributed by atoms with E-state index in [4.69, 9.17) is 0 Å². The maximum Gasteiger partial charge on any atom is 0.219 e. The van der Waals surface area contributed by atoms with Gasteiger partial charge in [-0.05, 0) is 12.5 Å². The zero-order chi connectivity index (χ0) is 13.9. The highest BCUT2D eigenvalue weighted by atomic mass is 28.3. The maximum absolute atomic E-state index is 11.8. The van der Waals surface area contributed by atoms with Crippen LogP contribution in [0.2, 0.25) is 24.2 Å². The Labute approximate surface area is 115 Å². The van der Waals surface area contributed by atoms with E-state index >= 15 is 0 Å². The summed E-state index contributed by atoms with van der Waals surface area (Å²) in [7, 11) is -1.10. The van der Waals surface area contributed by atoms with Crippen LogP contribution < -0.4 is 5.32 Å². The lowest BCUT2D eigenvalue weighted by atomic mass is 10.2. The monoisotopic (exact) mass is 271 g/mol. The lowest BCUT2D eigenvalue weighted by molar-refractivity contribution is -0.120. The Morgan fingerprint density at radius 3 is 2.06 bits per heavy atom. The van der Waals surface area contributed by atoms with E-state index < -0.39 is 8.07 Å². The Bertz CT molecular complexity index is 206. The normalized spacial score (nSPS) is 11.6. The van der Waals surface area contributed by atoms with Crippen molar-refractivity contribution in [3.63, 3.8) is 0 Å². The molecule has 0 aromatic heterocycles. The number of carbonyl (C=O) groups excluding carboxylic acids is 1. The molecule has 0 radical (unpaired) electrons. The molecular formula is C15H33NOSi. The summed E-state index contributed by atoms with van der Waals surface area (Å²) in [6.45, 7) is 10.0. The Kier molecular flexibility index (Phi) is 10.4. The van der Waals surface area contributed by atoms with Crippen molar-refractivity contribution in [1.82, 2.24) is 5.32 Å². The summed E-state index contributed by atoms with van der Waals surface area (Å²) in [6.07, 6.45) is 5.68. The average Bonchev–Trinajstić information content (AvgIpc) is 2.41. The predicted octanol–water partition coefficient (Wildman–Crippen LogP) is 4.58. The second kappa shape index (κ2) is 10.6. The molecule has 0 unspecified atom stereocenters. The van der Waals surface area contributed by atoms with E-state index in [2.05, 4.69) is 33.0 Å². The van der Waals surface area contributed by atoms with Gasteiger partial charge in [-0.2, -0.15) is 0 Å². The van der Waals surface area contributed by atoms with E-state index in [9.17, 15) is 4.79 Å². The quantitative estimate of drug-likeness (QED) is 0.432. The van der Waals surface area contributed by atoms with Gasteiger partial charge in [0, 0.05) is 13.0 Å².